The predicted molar refractivity (Wildman–Crippen MR) is 69.1 cm³/mol. The van der Waals surface area contributed by atoms with E-state index in [9.17, 15) is 4.79 Å². The van der Waals surface area contributed by atoms with E-state index < -0.39 is 0 Å². The molecule has 17 heavy (non-hydrogen) atoms. The molecule has 2 aliphatic carbocycles. The van der Waals surface area contributed by atoms with Gasteiger partial charge >= 0.3 is 0 Å². The van der Waals surface area contributed by atoms with Gasteiger partial charge in [-0.3, -0.25) is 4.79 Å². The average molecular weight is 228 g/mol. The Balaban J connectivity index is 2.05. The minimum absolute atomic E-state index is 0.286. The first-order valence-corrected chi connectivity index (χ1v) is 6.72. The molecule has 2 atom stereocenters. The third-order valence-corrected chi connectivity index (χ3v) is 4.89. The summed E-state index contributed by atoms with van der Waals surface area (Å²) in [5.41, 5.74) is 2.59. The van der Waals surface area contributed by atoms with Gasteiger partial charge in [-0.1, -0.05) is 44.5 Å². The van der Waals surface area contributed by atoms with Gasteiger partial charge in [-0.05, 0) is 36.2 Å². The first-order chi connectivity index (χ1) is 8.09. The molecule has 1 saturated carbocycles. The van der Waals surface area contributed by atoms with Gasteiger partial charge in [0.2, 0.25) is 0 Å². The van der Waals surface area contributed by atoms with E-state index in [-0.39, 0.29) is 5.92 Å². The lowest BCUT2D eigenvalue weighted by molar-refractivity contribution is 0.0490. The Morgan fingerprint density at radius 3 is 2.82 bits per heavy atom. The van der Waals surface area contributed by atoms with E-state index in [4.69, 9.17) is 0 Å². The van der Waals surface area contributed by atoms with Crippen LogP contribution in [0.4, 0.5) is 0 Å². The van der Waals surface area contributed by atoms with E-state index in [1.807, 2.05) is 12.1 Å². The van der Waals surface area contributed by atoms with E-state index in [0.29, 0.717) is 17.1 Å². The molecule has 1 nitrogen and oxygen atoms in total. The van der Waals surface area contributed by atoms with Gasteiger partial charge in [-0.15, -0.1) is 0 Å². The van der Waals surface area contributed by atoms with E-state index in [2.05, 4.69) is 26.0 Å². The maximum Gasteiger partial charge on any atom is 0.166 e. The highest BCUT2D eigenvalue weighted by molar-refractivity contribution is 6.00. The minimum Gasteiger partial charge on any atom is -0.294 e. The molecule has 0 unspecified atom stereocenters. The molecule has 0 N–H and O–H groups in total. The van der Waals surface area contributed by atoms with Gasteiger partial charge in [0.15, 0.2) is 5.78 Å². The third-order valence-electron chi connectivity index (χ3n) is 4.89. The monoisotopic (exact) mass is 228 g/mol. The van der Waals surface area contributed by atoms with Gasteiger partial charge in [-0.2, -0.15) is 0 Å². The smallest absolute Gasteiger partial charge is 0.166 e. The lowest BCUT2D eigenvalue weighted by Crippen LogP contribution is -2.43. The van der Waals surface area contributed by atoms with Crippen LogP contribution in [0.15, 0.2) is 24.3 Å². The highest BCUT2D eigenvalue weighted by Crippen LogP contribution is 2.49. The number of benzene rings is 1. The van der Waals surface area contributed by atoms with E-state index in [1.165, 1.54) is 18.4 Å². The molecule has 0 amide bonds. The number of hydrogen-bond acceptors (Lipinski definition) is 1. The predicted octanol–water partition coefficient (Wildman–Crippen LogP) is 3.87. The zero-order valence-corrected chi connectivity index (χ0v) is 10.7. The molecule has 0 aliphatic heterocycles. The average Bonchev–Trinajstić information content (AvgIpc) is 2.31. The molecule has 0 bridgehead atoms. The Bertz CT molecular complexity index is 458. The Morgan fingerprint density at radius 2 is 2.00 bits per heavy atom. The van der Waals surface area contributed by atoms with Crippen molar-refractivity contribution in [2.45, 2.75) is 39.5 Å². The number of Topliss-reactive ketones (excluding diaryl/α,β-unsaturated/α-hetero) is 1. The molecule has 1 fully saturated rings. The quantitative estimate of drug-likeness (QED) is 0.659. The Kier molecular flexibility index (Phi) is 2.39. The second kappa shape index (κ2) is 3.69. The summed E-state index contributed by atoms with van der Waals surface area (Å²) in [6, 6.07) is 8.19. The molecule has 0 aromatic heterocycles. The van der Waals surface area contributed by atoms with E-state index >= 15 is 0 Å². The first-order valence-electron chi connectivity index (χ1n) is 6.72. The van der Waals surface area contributed by atoms with Crippen molar-refractivity contribution < 1.29 is 4.79 Å². The second-order valence-electron chi connectivity index (χ2n) is 6.32. The van der Waals surface area contributed by atoms with Crippen molar-refractivity contribution in [1.29, 1.82) is 0 Å². The van der Waals surface area contributed by atoms with Crippen LogP contribution in [0.1, 0.15) is 49.0 Å². The van der Waals surface area contributed by atoms with Crippen LogP contribution < -0.4 is 0 Å². The van der Waals surface area contributed by atoms with Crippen LogP contribution in [0.25, 0.3) is 0 Å². The summed E-state index contributed by atoms with van der Waals surface area (Å²) in [6.45, 7) is 4.68. The van der Waals surface area contributed by atoms with Crippen molar-refractivity contribution in [3.63, 3.8) is 0 Å². The number of carbonyl (C=O) groups is 1. The number of fused-ring (bicyclic) bond motifs is 2. The number of carbonyl (C=O) groups excluding carboxylic acids is 1. The summed E-state index contributed by atoms with van der Waals surface area (Å²) in [5.74, 6) is 1.25. The summed E-state index contributed by atoms with van der Waals surface area (Å²) in [7, 11) is 0. The standard InChI is InChI=1S/C16H20O/c1-16(2)9-5-8-13-14(16)10-11-6-3-4-7-12(11)15(13)17/h3-4,6-7,13-14H,5,8-10H2,1-2H3/t13-,14+/m0/s1. The summed E-state index contributed by atoms with van der Waals surface area (Å²) in [6.07, 6.45) is 4.67. The summed E-state index contributed by atoms with van der Waals surface area (Å²) in [4.78, 5) is 12.5. The third kappa shape index (κ3) is 1.64. The van der Waals surface area contributed by atoms with Gasteiger partial charge in [-0.25, -0.2) is 0 Å². The largest absolute Gasteiger partial charge is 0.294 e. The number of ketones is 1. The van der Waals surface area contributed by atoms with Crippen LogP contribution in [0.3, 0.4) is 0 Å². The Hall–Kier alpha value is -1.11. The van der Waals surface area contributed by atoms with Crippen molar-refractivity contribution in [2.24, 2.45) is 17.3 Å². The van der Waals surface area contributed by atoms with Crippen LogP contribution in [0, 0.1) is 17.3 Å². The van der Waals surface area contributed by atoms with Gasteiger partial charge < -0.3 is 0 Å². The zero-order valence-electron chi connectivity index (χ0n) is 10.7. The maximum absolute atomic E-state index is 12.5. The highest BCUT2D eigenvalue weighted by Gasteiger charge is 2.45. The van der Waals surface area contributed by atoms with E-state index in [0.717, 1.165) is 18.4 Å². The summed E-state index contributed by atoms with van der Waals surface area (Å²) < 4.78 is 0. The topological polar surface area (TPSA) is 17.1 Å². The SMILES string of the molecule is CC1(C)CCC[C@@H]2C(=O)c3ccccc3C[C@H]21. The molecule has 0 saturated heterocycles. The second-order valence-corrected chi connectivity index (χ2v) is 6.32. The molecule has 0 heterocycles. The fourth-order valence-corrected chi connectivity index (χ4v) is 3.82. The fourth-order valence-electron chi connectivity index (χ4n) is 3.82. The molecule has 2 aliphatic rings. The molecule has 0 spiro atoms. The molecule has 1 heteroatoms. The van der Waals surface area contributed by atoms with E-state index in [1.54, 1.807) is 0 Å². The first kappa shape index (κ1) is 11.0. The maximum atomic E-state index is 12.5. The lowest BCUT2D eigenvalue weighted by atomic mass is 9.57. The van der Waals surface area contributed by atoms with Crippen LogP contribution in [0.5, 0.6) is 0 Å². The molecule has 90 valence electrons. The normalized spacial score (nSPS) is 30.6. The van der Waals surface area contributed by atoms with Crippen LogP contribution >= 0.6 is 0 Å². The van der Waals surface area contributed by atoms with Crippen LogP contribution in [-0.2, 0) is 6.42 Å². The van der Waals surface area contributed by atoms with Crippen molar-refractivity contribution in [1.82, 2.24) is 0 Å². The Morgan fingerprint density at radius 1 is 1.24 bits per heavy atom. The minimum atomic E-state index is 0.286. The van der Waals surface area contributed by atoms with Crippen LogP contribution in [0.2, 0.25) is 0 Å². The molecular weight excluding hydrogens is 208 g/mol. The number of hydrogen-bond donors (Lipinski definition) is 0. The molecular formula is C16H20O. The molecule has 3 rings (SSSR count). The van der Waals surface area contributed by atoms with Crippen molar-refractivity contribution in [2.75, 3.05) is 0 Å². The number of rotatable bonds is 0. The molecule has 1 aromatic carbocycles. The lowest BCUT2D eigenvalue weighted by Gasteiger charge is -2.46. The summed E-state index contributed by atoms with van der Waals surface area (Å²) >= 11 is 0. The summed E-state index contributed by atoms with van der Waals surface area (Å²) in [5, 5.41) is 0. The molecule has 1 aromatic rings. The fraction of sp³-hybridized carbons (Fsp3) is 0.562. The van der Waals surface area contributed by atoms with Crippen LogP contribution in [-0.4, -0.2) is 5.78 Å². The van der Waals surface area contributed by atoms with Gasteiger partial charge in [0.05, 0.1) is 0 Å². The van der Waals surface area contributed by atoms with Crippen molar-refractivity contribution in [3.8, 4) is 0 Å². The Labute approximate surface area is 103 Å². The zero-order chi connectivity index (χ0) is 12.0. The molecule has 0 radical (unpaired) electrons. The highest BCUT2D eigenvalue weighted by atomic mass is 16.1. The van der Waals surface area contributed by atoms with Gasteiger partial charge in [0, 0.05) is 11.5 Å². The van der Waals surface area contributed by atoms with Gasteiger partial charge in [0.25, 0.3) is 0 Å². The van der Waals surface area contributed by atoms with Crippen molar-refractivity contribution >= 4 is 5.78 Å². The van der Waals surface area contributed by atoms with Crippen molar-refractivity contribution in [3.05, 3.63) is 35.4 Å². The van der Waals surface area contributed by atoms with Gasteiger partial charge in [0.1, 0.15) is 0 Å².